The van der Waals surface area contributed by atoms with E-state index in [1.807, 2.05) is 27.2 Å². The summed E-state index contributed by atoms with van der Waals surface area (Å²) in [4.78, 5) is 29.7. The van der Waals surface area contributed by atoms with E-state index in [2.05, 4.69) is 44.1 Å². The molecule has 0 aliphatic heterocycles. The van der Waals surface area contributed by atoms with Gasteiger partial charge >= 0.3 is 0 Å². The highest BCUT2D eigenvalue weighted by molar-refractivity contribution is 5.89. The zero-order chi connectivity index (χ0) is 22.7. The Kier molecular flexibility index (Phi) is 5.22. The van der Waals surface area contributed by atoms with Crippen LogP contribution in [0.3, 0.4) is 0 Å². The van der Waals surface area contributed by atoms with Gasteiger partial charge in [-0.2, -0.15) is 0 Å². The van der Waals surface area contributed by atoms with Crippen molar-refractivity contribution in [1.29, 1.82) is 0 Å². The van der Waals surface area contributed by atoms with Crippen LogP contribution in [0.5, 0.6) is 0 Å². The zero-order valence-electron chi connectivity index (χ0n) is 19.9. The van der Waals surface area contributed by atoms with E-state index in [0.29, 0.717) is 12.3 Å². The fourth-order valence-corrected chi connectivity index (χ4v) is 7.99. The van der Waals surface area contributed by atoms with Gasteiger partial charge in [-0.15, -0.1) is 0 Å². The van der Waals surface area contributed by atoms with Crippen LogP contribution in [0.2, 0.25) is 0 Å². The predicted molar refractivity (Wildman–Crippen MR) is 123 cm³/mol. The lowest BCUT2D eigenvalue weighted by molar-refractivity contribution is -0.152. The van der Waals surface area contributed by atoms with Crippen molar-refractivity contribution in [2.24, 2.45) is 38.5 Å². The molecule has 0 aromatic carbocycles. The minimum absolute atomic E-state index is 0.0450. The van der Waals surface area contributed by atoms with Crippen molar-refractivity contribution in [3.05, 3.63) is 35.8 Å². The van der Waals surface area contributed by atoms with E-state index in [1.54, 1.807) is 6.26 Å². The fourth-order valence-electron chi connectivity index (χ4n) is 7.99. The average Bonchev–Trinajstić information content (AvgIpc) is 3.33. The van der Waals surface area contributed by atoms with Crippen LogP contribution in [-0.4, -0.2) is 25.3 Å². The molecular formula is C27H37NO3. The van der Waals surface area contributed by atoms with Crippen LogP contribution < -0.4 is 0 Å². The van der Waals surface area contributed by atoms with Crippen molar-refractivity contribution in [2.75, 3.05) is 7.05 Å². The smallest absolute Gasteiger partial charge is 0.139 e. The van der Waals surface area contributed by atoms with Gasteiger partial charge < -0.3 is 9.21 Å². The van der Waals surface area contributed by atoms with Crippen molar-refractivity contribution in [3.63, 3.8) is 0 Å². The maximum atomic E-state index is 12.7. The standard InChI is InChI=1S/C27H37NO3/c1-24(2)22(15-29)26(4,13-10-23(24)30)21-9-12-25(3)19(18-11-14-31-16-18)7-8-20(25)27(21,5)17-28-6/h8,11,14-17,19,21-22H,7,9-10,12-13H2,1-6H3/t19-,21-,22-,25+,26-,27+/m1/s1. The second kappa shape index (κ2) is 7.28. The summed E-state index contributed by atoms with van der Waals surface area (Å²) in [6.07, 6.45) is 13.7. The molecule has 0 radical (unpaired) electrons. The molecule has 31 heavy (non-hydrogen) atoms. The van der Waals surface area contributed by atoms with E-state index < -0.39 is 5.41 Å². The number of rotatable bonds is 4. The summed E-state index contributed by atoms with van der Waals surface area (Å²) in [6, 6.07) is 2.10. The molecule has 2 fully saturated rings. The number of carbonyl (C=O) groups excluding carboxylic acids is 2. The third kappa shape index (κ3) is 2.97. The van der Waals surface area contributed by atoms with Gasteiger partial charge in [-0.3, -0.25) is 9.79 Å². The number of aldehydes is 1. The molecule has 4 nitrogen and oxygen atoms in total. The summed E-state index contributed by atoms with van der Waals surface area (Å²) >= 11 is 0. The summed E-state index contributed by atoms with van der Waals surface area (Å²) in [5.74, 6) is 0.597. The number of carbonyl (C=O) groups is 2. The highest BCUT2D eigenvalue weighted by atomic mass is 16.3. The molecule has 1 aromatic heterocycles. The SMILES string of the molecule is CN=C[C@@]1(C)C2=CC[C@H](c3ccoc3)[C@]2(C)CC[C@@H]1[C@@]1(C)CCC(=O)C(C)(C)[C@H]1C=O. The van der Waals surface area contributed by atoms with E-state index in [4.69, 9.17) is 4.42 Å². The number of nitrogens with zero attached hydrogens (tertiary/aromatic N) is 1. The molecule has 0 saturated heterocycles. The molecule has 4 heteroatoms. The van der Waals surface area contributed by atoms with Crippen molar-refractivity contribution in [2.45, 2.75) is 72.6 Å². The first-order valence-corrected chi connectivity index (χ1v) is 11.7. The van der Waals surface area contributed by atoms with Crippen LogP contribution >= 0.6 is 0 Å². The normalized spacial score (nSPS) is 42.5. The first-order chi connectivity index (χ1) is 14.6. The van der Waals surface area contributed by atoms with Crippen LogP contribution in [0, 0.1) is 33.5 Å². The number of hydrogen-bond donors (Lipinski definition) is 0. The Bertz CT molecular complexity index is 926. The first kappa shape index (κ1) is 22.2. The van der Waals surface area contributed by atoms with Gasteiger partial charge in [0.05, 0.1) is 12.5 Å². The summed E-state index contributed by atoms with van der Waals surface area (Å²) in [6.45, 7) is 10.9. The average molecular weight is 424 g/mol. The highest BCUT2D eigenvalue weighted by Gasteiger charge is 2.62. The van der Waals surface area contributed by atoms with Gasteiger partial charge in [-0.1, -0.05) is 46.3 Å². The second-order valence-electron chi connectivity index (χ2n) is 11.4. The third-order valence-corrected chi connectivity index (χ3v) is 9.57. The molecule has 4 rings (SSSR count). The van der Waals surface area contributed by atoms with Crippen molar-refractivity contribution in [1.82, 2.24) is 0 Å². The molecule has 1 heterocycles. The molecule has 1 aromatic rings. The van der Waals surface area contributed by atoms with Gasteiger partial charge in [0.15, 0.2) is 0 Å². The molecule has 0 spiro atoms. The third-order valence-electron chi connectivity index (χ3n) is 9.57. The monoisotopic (exact) mass is 423 g/mol. The molecular weight excluding hydrogens is 386 g/mol. The Balaban J connectivity index is 1.79. The lowest BCUT2D eigenvalue weighted by Crippen LogP contribution is -2.57. The number of fused-ring (bicyclic) bond motifs is 1. The van der Waals surface area contributed by atoms with Gasteiger partial charge in [0.1, 0.15) is 12.1 Å². The van der Waals surface area contributed by atoms with E-state index in [-0.39, 0.29) is 33.9 Å². The van der Waals surface area contributed by atoms with Crippen LogP contribution in [-0.2, 0) is 9.59 Å². The molecule has 3 aliphatic rings. The second-order valence-corrected chi connectivity index (χ2v) is 11.4. The quantitative estimate of drug-likeness (QED) is 0.338. The topological polar surface area (TPSA) is 59.6 Å². The van der Waals surface area contributed by atoms with E-state index >= 15 is 0 Å². The van der Waals surface area contributed by atoms with Crippen molar-refractivity contribution < 1.29 is 14.0 Å². The number of hydrogen-bond acceptors (Lipinski definition) is 4. The lowest BCUT2D eigenvalue weighted by Gasteiger charge is -2.60. The zero-order valence-corrected chi connectivity index (χ0v) is 19.9. The van der Waals surface area contributed by atoms with E-state index in [9.17, 15) is 9.59 Å². The van der Waals surface area contributed by atoms with Gasteiger partial charge in [0.25, 0.3) is 0 Å². The molecule has 0 amide bonds. The minimum atomic E-state index is -0.622. The maximum absolute atomic E-state index is 12.7. The van der Waals surface area contributed by atoms with Gasteiger partial charge in [0.2, 0.25) is 0 Å². The number of furan rings is 1. The number of ketones is 1. The van der Waals surface area contributed by atoms with Gasteiger partial charge in [0, 0.05) is 36.4 Å². The Hall–Kier alpha value is -1.97. The van der Waals surface area contributed by atoms with Gasteiger partial charge in [-0.25, -0.2) is 0 Å². The Labute approximate surface area is 186 Å². The number of allylic oxidation sites excluding steroid dienone is 2. The van der Waals surface area contributed by atoms with Crippen LogP contribution in [0.4, 0.5) is 0 Å². The molecule has 0 unspecified atom stereocenters. The predicted octanol–water partition coefficient (Wildman–Crippen LogP) is 6.03. The maximum Gasteiger partial charge on any atom is 0.139 e. The largest absolute Gasteiger partial charge is 0.472 e. The summed E-state index contributed by atoms with van der Waals surface area (Å²) in [5, 5.41) is 0. The molecule has 3 aliphatic carbocycles. The first-order valence-electron chi connectivity index (χ1n) is 11.7. The Morgan fingerprint density at radius 3 is 2.52 bits per heavy atom. The molecule has 2 saturated carbocycles. The van der Waals surface area contributed by atoms with Crippen molar-refractivity contribution >= 4 is 18.3 Å². The van der Waals surface area contributed by atoms with Crippen LogP contribution in [0.15, 0.2) is 39.7 Å². The van der Waals surface area contributed by atoms with E-state index in [0.717, 1.165) is 32.0 Å². The Morgan fingerprint density at radius 2 is 1.90 bits per heavy atom. The van der Waals surface area contributed by atoms with Crippen LogP contribution in [0.1, 0.15) is 78.2 Å². The minimum Gasteiger partial charge on any atom is -0.472 e. The van der Waals surface area contributed by atoms with Gasteiger partial charge in [-0.05, 0) is 60.0 Å². The molecule has 168 valence electrons. The molecule has 0 bridgehead atoms. The summed E-state index contributed by atoms with van der Waals surface area (Å²) in [7, 11) is 1.85. The Morgan fingerprint density at radius 1 is 1.16 bits per heavy atom. The van der Waals surface area contributed by atoms with Crippen LogP contribution in [0.25, 0.3) is 0 Å². The highest BCUT2D eigenvalue weighted by Crippen LogP contribution is 2.68. The number of Topliss-reactive ketones (excluding diaryl/α,β-unsaturated/α-hetero) is 1. The summed E-state index contributed by atoms with van der Waals surface area (Å²) < 4.78 is 5.42. The van der Waals surface area contributed by atoms with E-state index in [1.165, 1.54) is 11.1 Å². The number of aliphatic imine (C=N–C) groups is 1. The lowest BCUT2D eigenvalue weighted by atomic mass is 9.43. The molecule has 0 N–H and O–H groups in total. The molecule has 6 atom stereocenters. The van der Waals surface area contributed by atoms with Crippen molar-refractivity contribution in [3.8, 4) is 0 Å². The fraction of sp³-hybridized carbons (Fsp3) is 0.667. The summed E-state index contributed by atoms with van der Waals surface area (Å²) in [5.41, 5.74) is 1.66.